The van der Waals surface area contributed by atoms with Gasteiger partial charge in [-0.3, -0.25) is 0 Å². The van der Waals surface area contributed by atoms with Crippen molar-refractivity contribution < 1.29 is 5.11 Å². The third kappa shape index (κ3) is 2.34. The van der Waals surface area contributed by atoms with Gasteiger partial charge in [0.15, 0.2) is 0 Å². The first-order valence-corrected chi connectivity index (χ1v) is 8.99. The summed E-state index contributed by atoms with van der Waals surface area (Å²) in [5.41, 5.74) is 8.91. The van der Waals surface area contributed by atoms with Crippen molar-refractivity contribution in [2.45, 2.75) is 12.8 Å². The Morgan fingerprint density at radius 2 is 1.46 bits per heavy atom. The maximum atomic E-state index is 9.68. The number of rotatable bonds is 4. The van der Waals surface area contributed by atoms with E-state index in [1.54, 1.807) is 12.1 Å². The van der Waals surface area contributed by atoms with E-state index in [0.29, 0.717) is 5.75 Å². The first-order valence-electron chi connectivity index (χ1n) is 8.99. The zero-order valence-corrected chi connectivity index (χ0v) is 14.4. The van der Waals surface area contributed by atoms with Gasteiger partial charge in [-0.15, -0.1) is 0 Å². The lowest BCUT2D eigenvalue weighted by molar-refractivity contribution is 0.475. The molecule has 5 aromatic rings. The molecule has 0 amide bonds. The van der Waals surface area contributed by atoms with Gasteiger partial charge in [-0.1, -0.05) is 48.5 Å². The zero-order valence-electron chi connectivity index (χ0n) is 14.4. The molecule has 0 unspecified atom stereocenters. The SMILES string of the molecule is Oc1ccc(-c2c(CCc3ccccc3)c3cccc4ccc2n43)cc1. The van der Waals surface area contributed by atoms with Crippen LogP contribution in [0.5, 0.6) is 5.75 Å². The Balaban J connectivity index is 1.69. The summed E-state index contributed by atoms with van der Waals surface area (Å²) < 4.78 is 2.35. The van der Waals surface area contributed by atoms with Crippen LogP contribution in [0, 0.1) is 0 Å². The Morgan fingerprint density at radius 3 is 2.27 bits per heavy atom. The molecule has 0 fully saturated rings. The molecule has 2 nitrogen and oxygen atoms in total. The maximum Gasteiger partial charge on any atom is 0.115 e. The number of benzene rings is 2. The van der Waals surface area contributed by atoms with E-state index in [-0.39, 0.29) is 0 Å². The van der Waals surface area contributed by atoms with Crippen molar-refractivity contribution >= 4 is 16.6 Å². The molecular formula is C24H19NO. The van der Waals surface area contributed by atoms with Gasteiger partial charge in [0.1, 0.15) is 5.75 Å². The average Bonchev–Trinajstić information content (AvgIpc) is 3.24. The smallest absolute Gasteiger partial charge is 0.115 e. The van der Waals surface area contributed by atoms with Gasteiger partial charge in [-0.25, -0.2) is 0 Å². The van der Waals surface area contributed by atoms with E-state index in [4.69, 9.17) is 0 Å². The molecule has 0 radical (unpaired) electrons. The lowest BCUT2D eigenvalue weighted by Crippen LogP contribution is -1.93. The number of aromatic hydroxyl groups is 1. The van der Waals surface area contributed by atoms with Gasteiger partial charge in [0, 0.05) is 11.1 Å². The van der Waals surface area contributed by atoms with Crippen LogP contribution < -0.4 is 0 Å². The molecule has 0 saturated heterocycles. The van der Waals surface area contributed by atoms with Crippen LogP contribution >= 0.6 is 0 Å². The number of hydrogen-bond acceptors (Lipinski definition) is 1. The van der Waals surface area contributed by atoms with Crippen molar-refractivity contribution in [2.75, 3.05) is 0 Å². The monoisotopic (exact) mass is 337 g/mol. The minimum atomic E-state index is 0.302. The Bertz CT molecular complexity index is 1170. The molecule has 2 heteroatoms. The van der Waals surface area contributed by atoms with Gasteiger partial charge in [0.2, 0.25) is 0 Å². The van der Waals surface area contributed by atoms with Gasteiger partial charge in [-0.2, -0.15) is 0 Å². The number of phenols is 1. The first kappa shape index (κ1) is 15.0. The van der Waals surface area contributed by atoms with E-state index < -0.39 is 0 Å². The second-order valence-corrected chi connectivity index (χ2v) is 6.78. The predicted octanol–water partition coefficient (Wildman–Crippen LogP) is 5.69. The summed E-state index contributed by atoms with van der Waals surface area (Å²) in [6, 6.07) is 29.1. The molecule has 2 aromatic carbocycles. The molecule has 0 aliphatic carbocycles. The number of aromatic nitrogens is 1. The van der Waals surface area contributed by atoms with Crippen LogP contribution in [0.1, 0.15) is 11.1 Å². The van der Waals surface area contributed by atoms with Crippen molar-refractivity contribution in [2.24, 2.45) is 0 Å². The van der Waals surface area contributed by atoms with Gasteiger partial charge >= 0.3 is 0 Å². The molecular weight excluding hydrogens is 318 g/mol. The molecule has 1 N–H and O–H groups in total. The Morgan fingerprint density at radius 1 is 0.654 bits per heavy atom. The van der Waals surface area contributed by atoms with Gasteiger partial charge < -0.3 is 9.51 Å². The highest BCUT2D eigenvalue weighted by Gasteiger charge is 2.18. The number of pyridine rings is 1. The molecule has 5 rings (SSSR count). The van der Waals surface area contributed by atoms with E-state index in [2.05, 4.69) is 65.1 Å². The highest BCUT2D eigenvalue weighted by molar-refractivity contribution is 5.95. The van der Waals surface area contributed by atoms with Crippen LogP contribution in [-0.2, 0) is 12.8 Å². The first-order chi connectivity index (χ1) is 12.8. The summed E-state index contributed by atoms with van der Waals surface area (Å²) in [5, 5.41) is 9.68. The van der Waals surface area contributed by atoms with Crippen molar-refractivity contribution in [3.8, 4) is 16.9 Å². The fraction of sp³-hybridized carbons (Fsp3) is 0.0833. The summed E-state index contributed by atoms with van der Waals surface area (Å²) in [4.78, 5) is 0. The highest BCUT2D eigenvalue weighted by atomic mass is 16.3. The molecule has 126 valence electrons. The van der Waals surface area contributed by atoms with Crippen LogP contribution in [-0.4, -0.2) is 9.51 Å². The highest BCUT2D eigenvalue weighted by Crippen LogP contribution is 2.37. The largest absolute Gasteiger partial charge is 0.508 e. The maximum absolute atomic E-state index is 9.68. The zero-order chi connectivity index (χ0) is 17.5. The van der Waals surface area contributed by atoms with Gasteiger partial charge in [0.05, 0.1) is 11.0 Å². The summed E-state index contributed by atoms with van der Waals surface area (Å²) in [5.74, 6) is 0.302. The minimum absolute atomic E-state index is 0.302. The van der Waals surface area contributed by atoms with Crippen LogP contribution in [0.3, 0.4) is 0 Å². The van der Waals surface area contributed by atoms with E-state index in [9.17, 15) is 5.11 Å². The number of aryl methyl sites for hydroxylation is 2. The summed E-state index contributed by atoms with van der Waals surface area (Å²) in [6.45, 7) is 0. The van der Waals surface area contributed by atoms with Gasteiger partial charge in [-0.05, 0) is 65.9 Å². The molecule has 26 heavy (non-hydrogen) atoms. The molecule has 3 aromatic heterocycles. The molecule has 0 bridgehead atoms. The summed E-state index contributed by atoms with van der Waals surface area (Å²) in [7, 11) is 0. The standard InChI is InChI=1S/C24H19NO/c26-20-13-10-18(11-14-20)24-21(15-9-17-5-2-1-3-6-17)22-8-4-7-19-12-16-23(24)25(19)22/h1-8,10-14,16,26H,9,15H2. The van der Waals surface area contributed by atoms with Crippen LogP contribution in [0.2, 0.25) is 0 Å². The van der Waals surface area contributed by atoms with E-state index in [1.165, 1.54) is 33.2 Å². The molecule has 0 aliphatic rings. The van der Waals surface area contributed by atoms with Crippen molar-refractivity contribution in [1.29, 1.82) is 0 Å². The fourth-order valence-electron chi connectivity index (χ4n) is 3.99. The number of nitrogens with zero attached hydrogens (tertiary/aromatic N) is 1. The fourth-order valence-corrected chi connectivity index (χ4v) is 3.99. The minimum Gasteiger partial charge on any atom is -0.508 e. The predicted molar refractivity (Wildman–Crippen MR) is 107 cm³/mol. The molecule has 0 saturated carbocycles. The third-order valence-corrected chi connectivity index (χ3v) is 5.20. The molecule has 0 aliphatic heterocycles. The second kappa shape index (κ2) is 5.92. The quantitative estimate of drug-likeness (QED) is 0.448. The number of phenolic OH excluding ortho intramolecular Hbond substituents is 1. The van der Waals surface area contributed by atoms with Crippen molar-refractivity contribution in [3.63, 3.8) is 0 Å². The van der Waals surface area contributed by atoms with E-state index >= 15 is 0 Å². The summed E-state index contributed by atoms with van der Waals surface area (Å²) >= 11 is 0. The molecule has 0 spiro atoms. The normalized spacial score (nSPS) is 11.5. The Hall–Kier alpha value is -3.26. The molecule has 3 heterocycles. The van der Waals surface area contributed by atoms with E-state index in [1.807, 2.05) is 12.1 Å². The van der Waals surface area contributed by atoms with Crippen molar-refractivity contribution in [3.05, 3.63) is 96.1 Å². The lowest BCUT2D eigenvalue weighted by atomic mass is 9.96. The Kier molecular flexibility index (Phi) is 3.42. The molecule has 0 atom stereocenters. The number of hydrogen-bond donors (Lipinski definition) is 1. The Labute approximate surface area is 152 Å². The van der Waals surface area contributed by atoms with Crippen LogP contribution in [0.4, 0.5) is 0 Å². The van der Waals surface area contributed by atoms with Crippen LogP contribution in [0.25, 0.3) is 27.7 Å². The average molecular weight is 337 g/mol. The second-order valence-electron chi connectivity index (χ2n) is 6.78. The van der Waals surface area contributed by atoms with E-state index in [0.717, 1.165) is 18.4 Å². The third-order valence-electron chi connectivity index (χ3n) is 5.20. The van der Waals surface area contributed by atoms with Crippen molar-refractivity contribution in [1.82, 2.24) is 4.40 Å². The lowest BCUT2D eigenvalue weighted by Gasteiger charge is -2.07. The van der Waals surface area contributed by atoms with Crippen LogP contribution in [0.15, 0.2) is 84.9 Å². The summed E-state index contributed by atoms with van der Waals surface area (Å²) in [6.07, 6.45) is 2.00. The topological polar surface area (TPSA) is 24.6 Å². The van der Waals surface area contributed by atoms with Gasteiger partial charge in [0.25, 0.3) is 0 Å².